The van der Waals surface area contributed by atoms with Gasteiger partial charge in [0.25, 0.3) is 0 Å². The van der Waals surface area contributed by atoms with Gasteiger partial charge in [0, 0.05) is 22.9 Å². The fraction of sp³-hybridized carbons (Fsp3) is 0.500. The highest BCUT2D eigenvalue weighted by Gasteiger charge is 2.16. The van der Waals surface area contributed by atoms with Crippen molar-refractivity contribution < 1.29 is 8.42 Å². The number of hydrogen-bond donors (Lipinski definition) is 1. The molecule has 1 atom stereocenters. The van der Waals surface area contributed by atoms with Gasteiger partial charge in [-0.1, -0.05) is 6.92 Å². The van der Waals surface area contributed by atoms with Crippen LogP contribution in [0.5, 0.6) is 0 Å². The fourth-order valence-corrected chi connectivity index (χ4v) is 3.38. The first-order chi connectivity index (χ1) is 7.43. The van der Waals surface area contributed by atoms with Gasteiger partial charge in [0.2, 0.25) is 0 Å². The number of halogens is 1. The van der Waals surface area contributed by atoms with Crippen LogP contribution in [0.25, 0.3) is 0 Å². The molecule has 1 unspecified atom stereocenters. The highest BCUT2D eigenvalue weighted by atomic mass is 79.9. The van der Waals surface area contributed by atoms with Crippen molar-refractivity contribution in [3.05, 3.63) is 28.5 Å². The van der Waals surface area contributed by atoms with Gasteiger partial charge in [0.05, 0.1) is 11.5 Å². The van der Waals surface area contributed by atoms with Crippen LogP contribution in [0.2, 0.25) is 0 Å². The molecule has 0 fully saturated rings. The third kappa shape index (κ3) is 4.59. The van der Waals surface area contributed by atoms with Gasteiger partial charge < -0.3 is 5.73 Å². The molecule has 0 radical (unpaired) electrons. The van der Waals surface area contributed by atoms with E-state index in [2.05, 4.69) is 20.9 Å². The summed E-state index contributed by atoms with van der Waals surface area (Å²) in [5.41, 5.74) is 6.32. The van der Waals surface area contributed by atoms with Crippen LogP contribution in [0.1, 0.15) is 18.9 Å². The predicted molar refractivity (Wildman–Crippen MR) is 67.7 cm³/mol. The normalized spacial score (nSPS) is 13.7. The standard InChI is InChI=1S/C10H15BrN2O2S/c1-2-10(12)7-16(14,15)6-8-3-9(11)5-13-4-8/h3-5,10H,2,6-7,12H2,1H3. The van der Waals surface area contributed by atoms with E-state index in [1.165, 1.54) is 0 Å². The Morgan fingerprint density at radius 2 is 2.19 bits per heavy atom. The van der Waals surface area contributed by atoms with Crippen LogP contribution in [0.3, 0.4) is 0 Å². The third-order valence-electron chi connectivity index (χ3n) is 2.14. The predicted octanol–water partition coefficient (Wildman–Crippen LogP) is 1.50. The summed E-state index contributed by atoms with van der Waals surface area (Å²) in [5.74, 6) is 0.0170. The van der Waals surface area contributed by atoms with Crippen molar-refractivity contribution in [2.24, 2.45) is 5.73 Å². The zero-order valence-electron chi connectivity index (χ0n) is 9.06. The zero-order chi connectivity index (χ0) is 12.2. The van der Waals surface area contributed by atoms with Crippen molar-refractivity contribution in [2.75, 3.05) is 5.75 Å². The summed E-state index contributed by atoms with van der Waals surface area (Å²) in [6.07, 6.45) is 3.84. The molecule has 0 aromatic carbocycles. The Bertz CT molecular complexity index is 448. The lowest BCUT2D eigenvalue weighted by Gasteiger charge is -2.09. The van der Waals surface area contributed by atoms with E-state index in [1.807, 2.05) is 6.92 Å². The van der Waals surface area contributed by atoms with Crippen LogP contribution in [-0.4, -0.2) is 25.2 Å². The van der Waals surface area contributed by atoms with Gasteiger partial charge in [-0.2, -0.15) is 0 Å². The average Bonchev–Trinajstić information content (AvgIpc) is 2.15. The number of rotatable bonds is 5. The molecular weight excluding hydrogens is 292 g/mol. The van der Waals surface area contributed by atoms with Crippen molar-refractivity contribution in [1.29, 1.82) is 0 Å². The molecule has 0 amide bonds. The minimum absolute atomic E-state index is 0.00681. The lowest BCUT2D eigenvalue weighted by Crippen LogP contribution is -2.29. The van der Waals surface area contributed by atoms with Gasteiger partial charge in [0.15, 0.2) is 9.84 Å². The summed E-state index contributed by atoms with van der Waals surface area (Å²) < 4.78 is 24.3. The van der Waals surface area contributed by atoms with Gasteiger partial charge in [-0.15, -0.1) is 0 Å². The van der Waals surface area contributed by atoms with E-state index in [-0.39, 0.29) is 17.5 Å². The lowest BCUT2D eigenvalue weighted by molar-refractivity contribution is 0.583. The van der Waals surface area contributed by atoms with Crippen molar-refractivity contribution >= 4 is 25.8 Å². The summed E-state index contributed by atoms with van der Waals surface area (Å²) >= 11 is 3.25. The molecular formula is C10H15BrN2O2S. The molecule has 1 aromatic rings. The highest BCUT2D eigenvalue weighted by molar-refractivity contribution is 9.10. The molecule has 1 rings (SSSR count). The summed E-state index contributed by atoms with van der Waals surface area (Å²) in [7, 11) is -3.15. The smallest absolute Gasteiger partial charge is 0.156 e. The fourth-order valence-electron chi connectivity index (χ4n) is 1.29. The average molecular weight is 307 g/mol. The van der Waals surface area contributed by atoms with Crippen molar-refractivity contribution in [1.82, 2.24) is 4.98 Å². The second-order valence-electron chi connectivity index (χ2n) is 3.73. The van der Waals surface area contributed by atoms with Crippen molar-refractivity contribution in [3.8, 4) is 0 Å². The molecule has 16 heavy (non-hydrogen) atoms. The number of hydrogen-bond acceptors (Lipinski definition) is 4. The number of nitrogens with zero attached hydrogens (tertiary/aromatic N) is 1. The van der Waals surface area contributed by atoms with Crippen LogP contribution in [0, 0.1) is 0 Å². The summed E-state index contributed by atoms with van der Waals surface area (Å²) in [6.45, 7) is 1.88. The SMILES string of the molecule is CCC(N)CS(=O)(=O)Cc1cncc(Br)c1. The van der Waals surface area contributed by atoms with E-state index in [0.717, 1.165) is 4.47 Å². The Hall–Kier alpha value is -0.460. The molecule has 0 aliphatic rings. The number of nitrogens with two attached hydrogens (primary N) is 1. The monoisotopic (exact) mass is 306 g/mol. The summed E-state index contributed by atoms with van der Waals surface area (Å²) in [6, 6.07) is 1.47. The van der Waals surface area contributed by atoms with Gasteiger partial charge in [-0.25, -0.2) is 8.42 Å². The molecule has 2 N–H and O–H groups in total. The molecule has 0 spiro atoms. The van der Waals surface area contributed by atoms with Crippen LogP contribution in [0.4, 0.5) is 0 Å². The van der Waals surface area contributed by atoms with E-state index in [0.29, 0.717) is 12.0 Å². The van der Waals surface area contributed by atoms with E-state index in [9.17, 15) is 8.42 Å². The van der Waals surface area contributed by atoms with Crippen molar-refractivity contribution in [3.63, 3.8) is 0 Å². The maximum atomic E-state index is 11.8. The van der Waals surface area contributed by atoms with Crippen LogP contribution in [-0.2, 0) is 15.6 Å². The van der Waals surface area contributed by atoms with Gasteiger partial charge in [0.1, 0.15) is 0 Å². The van der Waals surface area contributed by atoms with Crippen molar-refractivity contribution in [2.45, 2.75) is 25.1 Å². The Labute approximate surface area is 104 Å². The van der Waals surface area contributed by atoms with E-state index < -0.39 is 9.84 Å². The summed E-state index contributed by atoms with van der Waals surface area (Å²) in [5, 5.41) is 0. The third-order valence-corrected chi connectivity index (χ3v) is 4.28. The van der Waals surface area contributed by atoms with Crippen LogP contribution >= 0.6 is 15.9 Å². The highest BCUT2D eigenvalue weighted by Crippen LogP contribution is 2.13. The number of sulfone groups is 1. The molecule has 0 saturated heterocycles. The quantitative estimate of drug-likeness (QED) is 0.894. The van der Waals surface area contributed by atoms with Gasteiger partial charge in [-0.05, 0) is 34.0 Å². The van der Waals surface area contributed by atoms with E-state index in [4.69, 9.17) is 5.73 Å². The maximum absolute atomic E-state index is 11.8. The number of aromatic nitrogens is 1. The molecule has 0 aliphatic heterocycles. The first-order valence-electron chi connectivity index (χ1n) is 4.98. The first kappa shape index (κ1) is 13.6. The molecule has 90 valence electrons. The largest absolute Gasteiger partial charge is 0.327 e. The Morgan fingerprint density at radius 3 is 2.75 bits per heavy atom. The molecule has 0 aliphatic carbocycles. The first-order valence-corrected chi connectivity index (χ1v) is 7.60. The molecule has 6 heteroatoms. The summed E-state index contributed by atoms with van der Waals surface area (Å²) in [4.78, 5) is 3.93. The van der Waals surface area contributed by atoms with E-state index >= 15 is 0 Å². The Morgan fingerprint density at radius 1 is 1.50 bits per heavy atom. The van der Waals surface area contributed by atoms with Crippen LogP contribution in [0.15, 0.2) is 22.9 Å². The minimum Gasteiger partial charge on any atom is -0.327 e. The Kier molecular flexibility index (Phi) is 4.89. The topological polar surface area (TPSA) is 73.1 Å². The van der Waals surface area contributed by atoms with Crippen LogP contribution < -0.4 is 5.73 Å². The number of pyridine rings is 1. The van der Waals surface area contributed by atoms with Gasteiger partial charge in [-0.3, -0.25) is 4.98 Å². The second-order valence-corrected chi connectivity index (χ2v) is 6.76. The molecule has 0 bridgehead atoms. The minimum atomic E-state index is -3.15. The van der Waals surface area contributed by atoms with E-state index in [1.54, 1.807) is 18.5 Å². The van der Waals surface area contributed by atoms with Gasteiger partial charge >= 0.3 is 0 Å². The molecule has 4 nitrogen and oxygen atoms in total. The molecule has 0 saturated carbocycles. The Balaban J connectivity index is 2.73. The maximum Gasteiger partial charge on any atom is 0.156 e. The lowest BCUT2D eigenvalue weighted by atomic mass is 10.3. The second kappa shape index (κ2) is 5.75. The zero-order valence-corrected chi connectivity index (χ0v) is 11.5. The molecule has 1 aromatic heterocycles. The molecule has 1 heterocycles.